The Labute approximate surface area is 134 Å². The molecule has 23 heavy (non-hydrogen) atoms. The highest BCUT2D eigenvalue weighted by Gasteiger charge is 2.07. The molecule has 0 fully saturated rings. The number of hydrogen-bond donors (Lipinski definition) is 2. The lowest BCUT2D eigenvalue weighted by Gasteiger charge is -2.09. The van der Waals surface area contributed by atoms with Crippen molar-refractivity contribution < 1.29 is 19.0 Å². The lowest BCUT2D eigenvalue weighted by atomic mass is 10.1. The van der Waals surface area contributed by atoms with E-state index >= 15 is 0 Å². The first-order valence-electron chi connectivity index (χ1n) is 7.40. The Morgan fingerprint density at radius 1 is 1.22 bits per heavy atom. The summed E-state index contributed by atoms with van der Waals surface area (Å²) < 4.78 is 18.4. The first kappa shape index (κ1) is 17.0. The molecular formula is C18H20FNO3. The molecule has 0 aliphatic rings. The number of methoxy groups -OCH3 is 1. The molecule has 0 saturated heterocycles. The number of carbonyl (C=O) groups is 1. The van der Waals surface area contributed by atoms with Crippen molar-refractivity contribution in [3.8, 4) is 5.75 Å². The van der Waals surface area contributed by atoms with Crippen molar-refractivity contribution in [1.29, 1.82) is 0 Å². The van der Waals surface area contributed by atoms with Gasteiger partial charge in [0.2, 0.25) is 5.91 Å². The van der Waals surface area contributed by atoms with Crippen molar-refractivity contribution in [2.75, 3.05) is 7.11 Å². The SMILES string of the molecule is COc1ccc(CCC(=O)NCc2ccccc2CO)cc1F. The maximum atomic E-state index is 13.6. The van der Waals surface area contributed by atoms with E-state index in [0.717, 1.165) is 16.7 Å². The second kappa shape index (κ2) is 8.29. The Balaban J connectivity index is 1.84. The Morgan fingerprint density at radius 3 is 2.61 bits per heavy atom. The molecule has 5 heteroatoms. The fourth-order valence-corrected chi connectivity index (χ4v) is 2.29. The third-order valence-corrected chi connectivity index (χ3v) is 3.62. The summed E-state index contributed by atoms with van der Waals surface area (Å²) in [6.07, 6.45) is 0.724. The number of benzene rings is 2. The number of aryl methyl sites for hydroxylation is 1. The van der Waals surface area contributed by atoms with Gasteiger partial charge in [0.05, 0.1) is 13.7 Å². The molecule has 0 aliphatic carbocycles. The van der Waals surface area contributed by atoms with E-state index < -0.39 is 5.82 Å². The minimum absolute atomic E-state index is 0.0584. The van der Waals surface area contributed by atoms with E-state index in [0.29, 0.717) is 13.0 Å². The number of ether oxygens (including phenoxy) is 1. The summed E-state index contributed by atoms with van der Waals surface area (Å²) in [5, 5.41) is 12.1. The molecule has 1 amide bonds. The summed E-state index contributed by atoms with van der Waals surface area (Å²) in [4.78, 5) is 11.9. The van der Waals surface area contributed by atoms with Gasteiger partial charge < -0.3 is 15.2 Å². The normalized spacial score (nSPS) is 10.4. The molecule has 0 unspecified atom stereocenters. The molecule has 0 aliphatic heterocycles. The zero-order valence-corrected chi connectivity index (χ0v) is 13.0. The molecular weight excluding hydrogens is 297 g/mol. The number of halogens is 1. The quantitative estimate of drug-likeness (QED) is 0.825. The summed E-state index contributed by atoms with van der Waals surface area (Å²) >= 11 is 0. The highest BCUT2D eigenvalue weighted by atomic mass is 19.1. The number of rotatable bonds is 7. The van der Waals surface area contributed by atoms with Crippen LogP contribution in [0.5, 0.6) is 5.75 Å². The zero-order chi connectivity index (χ0) is 16.7. The van der Waals surface area contributed by atoms with Gasteiger partial charge in [-0.3, -0.25) is 4.79 Å². The average molecular weight is 317 g/mol. The predicted molar refractivity (Wildman–Crippen MR) is 85.5 cm³/mol. The molecule has 2 aromatic rings. The number of nitrogens with one attached hydrogen (secondary N) is 1. The number of aliphatic hydroxyl groups excluding tert-OH is 1. The van der Waals surface area contributed by atoms with E-state index in [1.165, 1.54) is 13.2 Å². The molecule has 2 rings (SSSR count). The van der Waals surface area contributed by atoms with Crippen molar-refractivity contribution in [2.45, 2.75) is 26.0 Å². The highest BCUT2D eigenvalue weighted by Crippen LogP contribution is 2.18. The first-order valence-corrected chi connectivity index (χ1v) is 7.40. The molecule has 0 saturated carbocycles. The van der Waals surface area contributed by atoms with Crippen LogP contribution in [0.4, 0.5) is 4.39 Å². The average Bonchev–Trinajstić information content (AvgIpc) is 2.58. The van der Waals surface area contributed by atoms with E-state index in [2.05, 4.69) is 5.32 Å². The van der Waals surface area contributed by atoms with E-state index in [1.807, 2.05) is 24.3 Å². The van der Waals surface area contributed by atoms with Gasteiger partial charge in [-0.15, -0.1) is 0 Å². The molecule has 0 aromatic heterocycles. The Hall–Kier alpha value is -2.40. The maximum Gasteiger partial charge on any atom is 0.220 e. The second-order valence-corrected chi connectivity index (χ2v) is 5.17. The van der Waals surface area contributed by atoms with Gasteiger partial charge in [0.1, 0.15) is 0 Å². The van der Waals surface area contributed by atoms with Crippen LogP contribution in [0.3, 0.4) is 0 Å². The van der Waals surface area contributed by atoms with Crippen molar-refractivity contribution in [2.24, 2.45) is 0 Å². The van der Waals surface area contributed by atoms with Gasteiger partial charge >= 0.3 is 0 Å². The topological polar surface area (TPSA) is 58.6 Å². The van der Waals surface area contributed by atoms with Crippen molar-refractivity contribution in [3.05, 3.63) is 65.0 Å². The minimum Gasteiger partial charge on any atom is -0.494 e. The molecule has 122 valence electrons. The van der Waals surface area contributed by atoms with Crippen LogP contribution in [0.15, 0.2) is 42.5 Å². The van der Waals surface area contributed by atoms with Crippen LogP contribution in [0, 0.1) is 5.82 Å². The summed E-state index contributed by atoms with van der Waals surface area (Å²) in [7, 11) is 1.41. The van der Waals surface area contributed by atoms with Gasteiger partial charge in [0.25, 0.3) is 0 Å². The number of carbonyl (C=O) groups excluding carboxylic acids is 1. The Morgan fingerprint density at radius 2 is 1.96 bits per heavy atom. The molecule has 0 spiro atoms. The van der Waals surface area contributed by atoms with Gasteiger partial charge in [0, 0.05) is 13.0 Å². The van der Waals surface area contributed by atoms with Crippen molar-refractivity contribution >= 4 is 5.91 Å². The third kappa shape index (κ3) is 4.79. The molecule has 0 atom stereocenters. The Kier molecular flexibility index (Phi) is 6.11. The van der Waals surface area contributed by atoms with E-state index in [-0.39, 0.29) is 24.7 Å². The summed E-state index contributed by atoms with van der Waals surface area (Å²) in [5.74, 6) is -0.352. The smallest absolute Gasteiger partial charge is 0.220 e. The maximum absolute atomic E-state index is 13.6. The zero-order valence-electron chi connectivity index (χ0n) is 13.0. The predicted octanol–water partition coefficient (Wildman–Crippen LogP) is 2.58. The monoisotopic (exact) mass is 317 g/mol. The lowest BCUT2D eigenvalue weighted by Crippen LogP contribution is -2.23. The number of amides is 1. The molecule has 4 nitrogen and oxygen atoms in total. The summed E-state index contributed by atoms with van der Waals surface area (Å²) in [6, 6.07) is 12.1. The fourth-order valence-electron chi connectivity index (χ4n) is 2.29. The van der Waals surface area contributed by atoms with Crippen LogP contribution in [0.25, 0.3) is 0 Å². The minimum atomic E-state index is -0.428. The fraction of sp³-hybridized carbons (Fsp3) is 0.278. The largest absolute Gasteiger partial charge is 0.494 e. The molecule has 2 N–H and O–H groups in total. The van der Waals surface area contributed by atoms with Gasteiger partial charge in [0.15, 0.2) is 11.6 Å². The van der Waals surface area contributed by atoms with E-state index in [1.54, 1.807) is 12.1 Å². The van der Waals surface area contributed by atoms with Crippen LogP contribution in [0.2, 0.25) is 0 Å². The van der Waals surface area contributed by atoms with Crippen LogP contribution in [-0.4, -0.2) is 18.1 Å². The molecule has 2 aromatic carbocycles. The standard InChI is InChI=1S/C18H20FNO3/c1-23-17-8-6-13(10-16(17)19)7-9-18(22)20-11-14-4-2-3-5-15(14)12-21/h2-6,8,10,21H,7,9,11-12H2,1H3,(H,20,22). The number of hydrogen-bond acceptors (Lipinski definition) is 3. The van der Waals surface area contributed by atoms with E-state index in [9.17, 15) is 14.3 Å². The van der Waals surface area contributed by atoms with Crippen molar-refractivity contribution in [3.63, 3.8) is 0 Å². The van der Waals surface area contributed by atoms with Gasteiger partial charge in [-0.25, -0.2) is 4.39 Å². The molecule has 0 bridgehead atoms. The van der Waals surface area contributed by atoms with Crippen LogP contribution in [-0.2, 0) is 24.4 Å². The first-order chi connectivity index (χ1) is 11.1. The number of aliphatic hydroxyl groups is 1. The van der Waals surface area contributed by atoms with Crippen molar-refractivity contribution in [1.82, 2.24) is 5.32 Å². The summed E-state index contributed by atoms with van der Waals surface area (Å²) in [6.45, 7) is 0.309. The van der Waals surface area contributed by atoms with Crippen LogP contribution < -0.4 is 10.1 Å². The van der Waals surface area contributed by atoms with Crippen LogP contribution in [0.1, 0.15) is 23.1 Å². The van der Waals surface area contributed by atoms with Gasteiger partial charge in [-0.2, -0.15) is 0 Å². The van der Waals surface area contributed by atoms with E-state index in [4.69, 9.17) is 4.74 Å². The molecule has 0 heterocycles. The molecule has 0 radical (unpaired) electrons. The lowest BCUT2D eigenvalue weighted by molar-refractivity contribution is -0.121. The van der Waals surface area contributed by atoms with Gasteiger partial charge in [-0.1, -0.05) is 30.3 Å². The second-order valence-electron chi connectivity index (χ2n) is 5.17. The summed E-state index contributed by atoms with van der Waals surface area (Å²) in [5.41, 5.74) is 2.43. The Bertz CT molecular complexity index is 673. The third-order valence-electron chi connectivity index (χ3n) is 3.62. The highest BCUT2D eigenvalue weighted by molar-refractivity contribution is 5.76. The van der Waals surface area contributed by atoms with Gasteiger partial charge in [-0.05, 0) is 35.2 Å². The van der Waals surface area contributed by atoms with Crippen LogP contribution >= 0.6 is 0 Å².